The van der Waals surface area contributed by atoms with Gasteiger partial charge < -0.3 is 9.85 Å². The summed E-state index contributed by atoms with van der Waals surface area (Å²) in [6.45, 7) is 7.02. The largest absolute Gasteiger partial charge is 0.632 e. The Hall–Kier alpha value is -0.120. The number of hydroxylamine groups is 3. The van der Waals surface area contributed by atoms with Crippen molar-refractivity contribution in [3.05, 3.63) is 5.21 Å². The highest BCUT2D eigenvalue weighted by Crippen LogP contribution is 2.21. The fourth-order valence-corrected chi connectivity index (χ4v) is 2.03. The summed E-state index contributed by atoms with van der Waals surface area (Å²) >= 11 is 0. The number of hydrogen-bond acceptors (Lipinski definition) is 2. The van der Waals surface area contributed by atoms with Crippen LogP contribution in [0.1, 0.15) is 26.7 Å². The Kier molecular flexibility index (Phi) is 3.09. The minimum absolute atomic E-state index is 0.0590. The lowest BCUT2D eigenvalue weighted by Crippen LogP contribution is -2.43. The second kappa shape index (κ2) is 3.73. The zero-order chi connectivity index (χ0) is 9.19. The maximum Gasteiger partial charge on any atom is 0.135 e. The quantitative estimate of drug-likeness (QED) is 0.475. The standard InChI is InChI=1S/C9H20N2O/c1-4-6-10-7-9(5-2)11(3,12)8-10/h9H,4-8H2,1-3H3. The molecule has 2 atom stereocenters. The van der Waals surface area contributed by atoms with Gasteiger partial charge in [0.15, 0.2) is 0 Å². The van der Waals surface area contributed by atoms with E-state index in [1.54, 1.807) is 7.05 Å². The average molecular weight is 172 g/mol. The molecule has 0 bridgehead atoms. The van der Waals surface area contributed by atoms with Crippen LogP contribution in [-0.4, -0.2) is 42.4 Å². The first kappa shape index (κ1) is 9.96. The molecule has 1 aliphatic heterocycles. The Bertz CT molecular complexity index is 147. The van der Waals surface area contributed by atoms with E-state index in [0.717, 1.165) is 25.9 Å². The van der Waals surface area contributed by atoms with Gasteiger partial charge in [-0.1, -0.05) is 13.8 Å². The molecular weight excluding hydrogens is 152 g/mol. The van der Waals surface area contributed by atoms with Crippen LogP contribution in [-0.2, 0) is 0 Å². The van der Waals surface area contributed by atoms with Gasteiger partial charge in [-0.25, -0.2) is 0 Å². The highest BCUT2D eigenvalue weighted by molar-refractivity contribution is 4.70. The summed E-state index contributed by atoms with van der Waals surface area (Å²) in [7, 11) is 1.80. The summed E-state index contributed by atoms with van der Waals surface area (Å²) in [6, 6.07) is 0.302. The summed E-state index contributed by atoms with van der Waals surface area (Å²) in [5.41, 5.74) is 0. The van der Waals surface area contributed by atoms with Crippen molar-refractivity contribution in [2.24, 2.45) is 0 Å². The van der Waals surface area contributed by atoms with Crippen LogP contribution in [0.3, 0.4) is 0 Å². The summed E-state index contributed by atoms with van der Waals surface area (Å²) in [4.78, 5) is 2.28. The fourth-order valence-electron chi connectivity index (χ4n) is 2.03. The van der Waals surface area contributed by atoms with Crippen molar-refractivity contribution in [1.82, 2.24) is 4.90 Å². The van der Waals surface area contributed by atoms with Gasteiger partial charge in [-0.3, -0.25) is 4.90 Å². The zero-order valence-electron chi connectivity index (χ0n) is 8.42. The van der Waals surface area contributed by atoms with E-state index in [4.69, 9.17) is 0 Å². The van der Waals surface area contributed by atoms with Crippen molar-refractivity contribution < 1.29 is 4.65 Å². The van der Waals surface area contributed by atoms with Gasteiger partial charge in [0.1, 0.15) is 12.7 Å². The average Bonchev–Trinajstić information content (AvgIpc) is 2.25. The molecule has 0 aromatic heterocycles. The van der Waals surface area contributed by atoms with Crippen LogP contribution in [0.25, 0.3) is 0 Å². The molecule has 1 rings (SSSR count). The van der Waals surface area contributed by atoms with E-state index >= 15 is 0 Å². The predicted molar refractivity (Wildman–Crippen MR) is 50.4 cm³/mol. The third-order valence-corrected chi connectivity index (χ3v) is 2.73. The number of quaternary nitrogens is 1. The number of likely N-dealkylation sites (N-methyl/N-ethyl adjacent to an activating group) is 1. The van der Waals surface area contributed by atoms with Gasteiger partial charge in [-0.2, -0.15) is 0 Å². The van der Waals surface area contributed by atoms with Crippen LogP contribution in [0.15, 0.2) is 0 Å². The van der Waals surface area contributed by atoms with E-state index in [2.05, 4.69) is 18.7 Å². The Labute approximate surface area is 75.1 Å². The lowest BCUT2D eigenvalue weighted by Gasteiger charge is -2.39. The van der Waals surface area contributed by atoms with Gasteiger partial charge in [-0.05, 0) is 12.8 Å². The van der Waals surface area contributed by atoms with Gasteiger partial charge >= 0.3 is 0 Å². The van der Waals surface area contributed by atoms with Gasteiger partial charge in [0.25, 0.3) is 0 Å². The topological polar surface area (TPSA) is 26.3 Å². The lowest BCUT2D eigenvalue weighted by atomic mass is 10.2. The molecule has 1 fully saturated rings. The molecule has 1 aliphatic rings. The van der Waals surface area contributed by atoms with E-state index in [1.807, 2.05) is 0 Å². The monoisotopic (exact) mass is 172 g/mol. The summed E-state index contributed by atoms with van der Waals surface area (Å²) < 4.78 is -0.0590. The van der Waals surface area contributed by atoms with Crippen molar-refractivity contribution in [3.8, 4) is 0 Å². The lowest BCUT2D eigenvalue weighted by molar-refractivity contribution is -0.876. The molecule has 0 aliphatic carbocycles. The third-order valence-electron chi connectivity index (χ3n) is 2.73. The first-order valence-corrected chi connectivity index (χ1v) is 4.88. The number of hydrogen-bond donors (Lipinski definition) is 0. The van der Waals surface area contributed by atoms with Crippen molar-refractivity contribution in [3.63, 3.8) is 0 Å². The molecule has 12 heavy (non-hydrogen) atoms. The molecule has 3 heteroatoms. The van der Waals surface area contributed by atoms with Crippen LogP contribution in [0.2, 0.25) is 0 Å². The predicted octanol–water partition coefficient (Wildman–Crippen LogP) is 1.39. The van der Waals surface area contributed by atoms with E-state index in [-0.39, 0.29) is 4.65 Å². The van der Waals surface area contributed by atoms with Crippen LogP contribution < -0.4 is 0 Å². The minimum Gasteiger partial charge on any atom is -0.632 e. The SMILES string of the molecule is CCCN1CC(CC)[N+](C)([O-])C1. The Morgan fingerprint density at radius 3 is 2.58 bits per heavy atom. The Morgan fingerprint density at radius 1 is 1.50 bits per heavy atom. The van der Waals surface area contributed by atoms with E-state index in [9.17, 15) is 5.21 Å². The molecule has 0 spiro atoms. The summed E-state index contributed by atoms with van der Waals surface area (Å²) in [5.74, 6) is 0. The molecule has 0 aromatic rings. The first-order chi connectivity index (χ1) is 5.60. The molecule has 3 nitrogen and oxygen atoms in total. The molecule has 2 unspecified atom stereocenters. The second-order valence-electron chi connectivity index (χ2n) is 3.95. The van der Waals surface area contributed by atoms with Gasteiger partial charge in [-0.15, -0.1) is 0 Å². The van der Waals surface area contributed by atoms with Crippen LogP contribution in [0.4, 0.5) is 0 Å². The van der Waals surface area contributed by atoms with Crippen LogP contribution in [0.5, 0.6) is 0 Å². The van der Waals surface area contributed by atoms with Crippen molar-refractivity contribution in [2.75, 3.05) is 26.8 Å². The summed E-state index contributed by atoms with van der Waals surface area (Å²) in [5, 5.41) is 11.8. The minimum atomic E-state index is -0.0590. The van der Waals surface area contributed by atoms with Crippen molar-refractivity contribution >= 4 is 0 Å². The Morgan fingerprint density at radius 2 is 2.17 bits per heavy atom. The van der Waals surface area contributed by atoms with Gasteiger partial charge in [0.05, 0.1) is 13.6 Å². The third kappa shape index (κ3) is 1.97. The number of nitrogens with zero attached hydrogens (tertiary/aromatic N) is 2. The van der Waals surface area contributed by atoms with Crippen LogP contribution in [0, 0.1) is 5.21 Å². The molecule has 0 amide bonds. The fraction of sp³-hybridized carbons (Fsp3) is 1.00. The zero-order valence-corrected chi connectivity index (χ0v) is 8.42. The molecular formula is C9H20N2O. The first-order valence-electron chi connectivity index (χ1n) is 4.88. The Balaban J connectivity index is 2.48. The molecule has 0 N–H and O–H groups in total. The second-order valence-corrected chi connectivity index (χ2v) is 3.95. The van der Waals surface area contributed by atoms with Crippen molar-refractivity contribution in [1.29, 1.82) is 0 Å². The molecule has 0 saturated carbocycles. The van der Waals surface area contributed by atoms with E-state index in [1.165, 1.54) is 0 Å². The maximum absolute atomic E-state index is 11.8. The number of rotatable bonds is 3. The smallest absolute Gasteiger partial charge is 0.135 e. The van der Waals surface area contributed by atoms with Crippen LogP contribution >= 0.6 is 0 Å². The molecule has 0 aromatic carbocycles. The van der Waals surface area contributed by atoms with Gasteiger partial charge in [0.2, 0.25) is 0 Å². The highest BCUT2D eigenvalue weighted by atomic mass is 16.6. The normalized spacial score (nSPS) is 37.5. The maximum atomic E-state index is 11.8. The van der Waals surface area contributed by atoms with E-state index in [0.29, 0.717) is 12.7 Å². The molecule has 1 saturated heterocycles. The molecule has 1 heterocycles. The van der Waals surface area contributed by atoms with E-state index < -0.39 is 0 Å². The molecule has 72 valence electrons. The van der Waals surface area contributed by atoms with Crippen molar-refractivity contribution in [2.45, 2.75) is 32.7 Å². The van der Waals surface area contributed by atoms with Gasteiger partial charge in [0, 0.05) is 6.54 Å². The highest BCUT2D eigenvalue weighted by Gasteiger charge is 2.34. The summed E-state index contributed by atoms with van der Waals surface area (Å²) in [6.07, 6.45) is 2.15. The molecule has 0 radical (unpaired) electrons.